The summed E-state index contributed by atoms with van der Waals surface area (Å²) in [5, 5.41) is 9.99. The number of benzene rings is 1. The number of carbonyl (C=O) groups excluding carboxylic acids is 1. The van der Waals surface area contributed by atoms with E-state index in [1.54, 1.807) is 12.3 Å². The number of aromatic amines is 1. The number of hydrogen-bond donors (Lipinski definition) is 2. The monoisotopic (exact) mass is 291 g/mol. The molecule has 1 aromatic heterocycles. The average Bonchev–Trinajstić information content (AvgIpc) is 3.09. The summed E-state index contributed by atoms with van der Waals surface area (Å²) in [7, 11) is 0. The maximum absolute atomic E-state index is 13.1. The highest BCUT2D eigenvalue weighted by molar-refractivity contribution is 5.90. The first-order valence-electron chi connectivity index (χ1n) is 6.52. The molecule has 1 aliphatic rings. The largest absolute Gasteiger partial charge is 0.486 e. The van der Waals surface area contributed by atoms with Crippen molar-refractivity contribution in [2.24, 2.45) is 0 Å². The van der Waals surface area contributed by atoms with Gasteiger partial charge in [0.15, 0.2) is 5.82 Å². The molecule has 6 nitrogen and oxygen atoms in total. The van der Waals surface area contributed by atoms with Gasteiger partial charge >= 0.3 is 0 Å². The predicted octanol–water partition coefficient (Wildman–Crippen LogP) is 0.813. The molecule has 3 rings (SSSR count). The number of amides is 1. The van der Waals surface area contributed by atoms with Crippen LogP contribution in [0.3, 0.4) is 0 Å². The van der Waals surface area contributed by atoms with Crippen LogP contribution in [0.4, 0.5) is 4.39 Å². The van der Waals surface area contributed by atoms with Crippen molar-refractivity contribution in [1.82, 2.24) is 14.9 Å². The van der Waals surface area contributed by atoms with Gasteiger partial charge in [-0.25, -0.2) is 9.37 Å². The Morgan fingerprint density at radius 3 is 3.05 bits per heavy atom. The second-order valence-corrected chi connectivity index (χ2v) is 4.83. The Kier molecular flexibility index (Phi) is 3.57. The Bertz CT molecular complexity index is 632. The van der Waals surface area contributed by atoms with Crippen molar-refractivity contribution in [3.63, 3.8) is 0 Å². The molecule has 0 bridgehead atoms. The van der Waals surface area contributed by atoms with Crippen LogP contribution in [-0.2, 0) is 0 Å². The zero-order valence-corrected chi connectivity index (χ0v) is 11.1. The van der Waals surface area contributed by atoms with Gasteiger partial charge < -0.3 is 19.7 Å². The van der Waals surface area contributed by atoms with Gasteiger partial charge in [0.1, 0.15) is 23.8 Å². The number of imidazole rings is 1. The lowest BCUT2D eigenvalue weighted by Crippen LogP contribution is -2.31. The van der Waals surface area contributed by atoms with Gasteiger partial charge in [0.05, 0.1) is 13.1 Å². The second kappa shape index (κ2) is 5.53. The molecule has 0 radical (unpaired) electrons. The number of aliphatic hydroxyl groups is 1. The van der Waals surface area contributed by atoms with E-state index in [2.05, 4.69) is 9.97 Å². The van der Waals surface area contributed by atoms with Crippen molar-refractivity contribution in [3.8, 4) is 5.75 Å². The molecule has 110 valence electrons. The van der Waals surface area contributed by atoms with Gasteiger partial charge in [0, 0.05) is 18.5 Å². The van der Waals surface area contributed by atoms with Gasteiger partial charge in [-0.1, -0.05) is 6.07 Å². The van der Waals surface area contributed by atoms with Crippen molar-refractivity contribution >= 4 is 5.91 Å². The van der Waals surface area contributed by atoms with Crippen molar-refractivity contribution in [3.05, 3.63) is 48.3 Å². The number of aliphatic hydroxyl groups excluding tert-OH is 1. The smallest absolute Gasteiger partial charge is 0.289 e. The highest BCUT2D eigenvalue weighted by atomic mass is 19.1. The summed E-state index contributed by atoms with van der Waals surface area (Å²) >= 11 is 0. The molecular formula is C14H14FN3O3. The SMILES string of the molecule is O=C(c1ncc[nH]1)N1C[C@@H](O)[C@H](Oc2cccc(F)c2)C1. The normalized spacial score (nSPS) is 21.5. The summed E-state index contributed by atoms with van der Waals surface area (Å²) in [5.41, 5.74) is 0. The first-order chi connectivity index (χ1) is 10.1. The minimum Gasteiger partial charge on any atom is -0.486 e. The Hall–Kier alpha value is -2.41. The summed E-state index contributed by atoms with van der Waals surface area (Å²) in [4.78, 5) is 20.2. The summed E-state index contributed by atoms with van der Waals surface area (Å²) in [5.74, 6) is -0.173. The van der Waals surface area contributed by atoms with Crippen LogP contribution in [0.2, 0.25) is 0 Å². The highest BCUT2D eigenvalue weighted by Crippen LogP contribution is 2.20. The maximum Gasteiger partial charge on any atom is 0.289 e. The van der Waals surface area contributed by atoms with Gasteiger partial charge in [-0.15, -0.1) is 0 Å². The van der Waals surface area contributed by atoms with Gasteiger partial charge in [0.25, 0.3) is 5.91 Å². The molecular weight excluding hydrogens is 277 g/mol. The van der Waals surface area contributed by atoms with Gasteiger partial charge in [0.2, 0.25) is 0 Å². The third-order valence-corrected chi connectivity index (χ3v) is 3.31. The van der Waals surface area contributed by atoms with E-state index in [1.807, 2.05) is 0 Å². The summed E-state index contributed by atoms with van der Waals surface area (Å²) in [6.07, 6.45) is 1.62. The van der Waals surface area contributed by atoms with E-state index in [4.69, 9.17) is 4.74 Å². The zero-order chi connectivity index (χ0) is 14.8. The van der Waals surface area contributed by atoms with E-state index in [0.717, 1.165) is 0 Å². The molecule has 0 unspecified atom stereocenters. The lowest BCUT2D eigenvalue weighted by atomic mass is 10.2. The van der Waals surface area contributed by atoms with Crippen molar-refractivity contribution in [2.75, 3.05) is 13.1 Å². The number of halogens is 1. The molecule has 1 amide bonds. The zero-order valence-electron chi connectivity index (χ0n) is 11.1. The fourth-order valence-corrected chi connectivity index (χ4v) is 2.29. The molecule has 7 heteroatoms. The van der Waals surface area contributed by atoms with E-state index in [9.17, 15) is 14.3 Å². The molecule has 1 aromatic carbocycles. The molecule has 0 saturated carbocycles. The fourth-order valence-electron chi connectivity index (χ4n) is 2.29. The number of carbonyl (C=O) groups is 1. The number of β-amino-alcohol motifs (C(OH)–C–C–N with tert-alkyl or cyclic N) is 1. The van der Waals surface area contributed by atoms with Gasteiger partial charge in [-0.05, 0) is 12.1 Å². The van der Waals surface area contributed by atoms with Crippen LogP contribution >= 0.6 is 0 Å². The number of H-pyrrole nitrogens is 1. The van der Waals surface area contributed by atoms with Gasteiger partial charge in [-0.2, -0.15) is 0 Å². The first-order valence-corrected chi connectivity index (χ1v) is 6.52. The minimum absolute atomic E-state index is 0.152. The Morgan fingerprint density at radius 1 is 1.48 bits per heavy atom. The van der Waals surface area contributed by atoms with Crippen LogP contribution in [0.1, 0.15) is 10.6 Å². The third kappa shape index (κ3) is 2.87. The Morgan fingerprint density at radius 2 is 2.33 bits per heavy atom. The van der Waals surface area contributed by atoms with E-state index in [1.165, 1.54) is 29.3 Å². The number of nitrogens with one attached hydrogen (secondary N) is 1. The molecule has 1 fully saturated rings. The van der Waals surface area contributed by atoms with Crippen LogP contribution in [0.5, 0.6) is 5.75 Å². The van der Waals surface area contributed by atoms with Crippen LogP contribution < -0.4 is 4.74 Å². The Labute approximate surface area is 120 Å². The number of likely N-dealkylation sites (tertiary alicyclic amines) is 1. The maximum atomic E-state index is 13.1. The molecule has 1 aliphatic heterocycles. The number of ether oxygens (including phenoxy) is 1. The van der Waals surface area contributed by atoms with Crippen molar-refractivity contribution < 1.29 is 19.0 Å². The molecule has 2 aromatic rings. The third-order valence-electron chi connectivity index (χ3n) is 3.31. The predicted molar refractivity (Wildman–Crippen MR) is 71.3 cm³/mol. The number of hydrogen-bond acceptors (Lipinski definition) is 4. The van der Waals surface area contributed by atoms with E-state index < -0.39 is 18.0 Å². The van der Waals surface area contributed by atoms with E-state index in [-0.39, 0.29) is 24.8 Å². The fraction of sp³-hybridized carbons (Fsp3) is 0.286. The molecule has 0 aliphatic carbocycles. The highest BCUT2D eigenvalue weighted by Gasteiger charge is 2.36. The average molecular weight is 291 g/mol. The number of aromatic nitrogens is 2. The molecule has 0 spiro atoms. The van der Waals surface area contributed by atoms with E-state index >= 15 is 0 Å². The van der Waals surface area contributed by atoms with Gasteiger partial charge in [-0.3, -0.25) is 4.79 Å². The Balaban J connectivity index is 1.67. The molecule has 1 saturated heterocycles. The quantitative estimate of drug-likeness (QED) is 0.877. The molecule has 2 N–H and O–H groups in total. The minimum atomic E-state index is -0.827. The van der Waals surface area contributed by atoms with Crippen molar-refractivity contribution in [1.29, 1.82) is 0 Å². The summed E-state index contributed by atoms with van der Waals surface area (Å²) in [6.45, 7) is 0.372. The molecule has 2 heterocycles. The molecule has 21 heavy (non-hydrogen) atoms. The second-order valence-electron chi connectivity index (χ2n) is 4.83. The number of rotatable bonds is 3. The van der Waals surface area contributed by atoms with Crippen LogP contribution in [0.15, 0.2) is 36.7 Å². The first kappa shape index (κ1) is 13.6. The van der Waals surface area contributed by atoms with E-state index in [0.29, 0.717) is 5.75 Å². The van der Waals surface area contributed by atoms with Crippen LogP contribution in [-0.4, -0.2) is 51.2 Å². The summed E-state index contributed by atoms with van der Waals surface area (Å²) in [6, 6.07) is 5.68. The lowest BCUT2D eigenvalue weighted by Gasteiger charge is -2.16. The van der Waals surface area contributed by atoms with Crippen LogP contribution in [0.25, 0.3) is 0 Å². The molecule has 2 atom stereocenters. The summed E-state index contributed by atoms with van der Waals surface area (Å²) < 4.78 is 18.7. The topological polar surface area (TPSA) is 78.5 Å². The standard InChI is InChI=1S/C14H14FN3O3/c15-9-2-1-3-10(6-9)21-12-8-18(7-11(12)19)14(20)13-16-4-5-17-13/h1-6,11-12,19H,7-8H2,(H,16,17)/t11-,12-/m1/s1. The van der Waals surface area contributed by atoms with Crippen LogP contribution in [0, 0.1) is 5.82 Å². The lowest BCUT2D eigenvalue weighted by molar-refractivity contribution is 0.0726. The number of nitrogens with zero attached hydrogens (tertiary/aromatic N) is 2. The van der Waals surface area contributed by atoms with Crippen molar-refractivity contribution in [2.45, 2.75) is 12.2 Å².